The first kappa shape index (κ1) is 47.8. The predicted octanol–water partition coefficient (Wildman–Crippen LogP) is 23.5. The zero-order chi connectivity index (χ0) is 70.2. The lowest BCUT2D eigenvalue weighted by Gasteiger charge is -2.22. The Balaban J connectivity index is 0.000000152. The van der Waals surface area contributed by atoms with E-state index in [1.165, 1.54) is 73.9 Å². The van der Waals surface area contributed by atoms with Crippen LogP contribution in [0.5, 0.6) is 0 Å². The average Bonchev–Trinajstić information content (AvgIpc) is 1.69. The third-order valence-corrected chi connectivity index (χ3v) is 20.9. The Hall–Kier alpha value is -8.13. The number of hydrogen-bond acceptors (Lipinski definition) is 3. The molecule has 89 heavy (non-hydrogen) atoms. The van der Waals surface area contributed by atoms with Crippen LogP contribution in [0.1, 0.15) is 128 Å². The van der Waals surface area contributed by atoms with Gasteiger partial charge >= 0.3 is 0 Å². The van der Waals surface area contributed by atoms with E-state index in [0.29, 0.717) is 22.3 Å². The SMILES string of the molecule is C.C.C.[2H]C([2H])([2H])c1ccc(-c2cc3sc4cc5cc(C)ccc5cc4c3c[n+]2C)c(C)c1.[2H]C([2H])([2H])c1ccc(-c2cc3sc4cc5cc(C6([2H])CCCCC6)ccc5cc4c3c[n+]2C)c(C)c1.[2H]C([2H])([2H])c1ccc(-c2cc3sc4cc5ccc(C([2H])([2H])[2H])cc5cc4c3c[n+]2C)c(C)c1. The number of aromatic nitrogens is 3. The fraction of sp³-hybridized carbons (Fsp3) is 0.241. The van der Waals surface area contributed by atoms with E-state index in [0.717, 1.165) is 113 Å². The molecule has 6 heterocycles. The Bertz CT molecular complexity index is 5790. The van der Waals surface area contributed by atoms with Crippen molar-refractivity contribution in [1.29, 1.82) is 0 Å². The van der Waals surface area contributed by atoms with Gasteiger partial charge in [-0.3, -0.25) is 0 Å². The van der Waals surface area contributed by atoms with E-state index < -0.39 is 33.3 Å². The van der Waals surface area contributed by atoms with Crippen molar-refractivity contribution in [1.82, 2.24) is 0 Å². The minimum Gasteiger partial charge on any atom is -0.200 e. The van der Waals surface area contributed by atoms with Crippen LogP contribution in [-0.2, 0) is 21.1 Å². The number of benzene rings is 9. The zero-order valence-electron chi connectivity index (χ0n) is 62.4. The standard InChI is InChI=1S/C30H30NS.2C25H22NS.3CH4/c1-19-9-12-25(20(2)13-19)28-17-30-27(18-31(28)3)26-15-23-11-10-22(21-7-5-4-6-8-21)14-24(23)16-29(26)32-30;1-15-6-8-20(17(3)9-15)23-13-25-22(14-26(23)4)21-11-19-10-16(2)5-7-18(19)12-24(21)27-25;1-15-6-8-20(17(3)9-15)23-13-25-22(14-26(23)4)21-11-18-7-5-16(2)10-19(18)12-24(21)27-25;;;/h9-18,21H,4-8H2,1-3H3;2*5-14H,1-4H3;3*1H4/q3*+1;;;/i1D3,21D;1D3,2D3;1D3;;;. The lowest BCUT2D eigenvalue weighted by Crippen LogP contribution is -2.30. The molecule has 0 saturated heterocycles. The highest BCUT2D eigenvalue weighted by atomic mass is 32.1. The fourth-order valence-corrected chi connectivity index (χ4v) is 16.5. The van der Waals surface area contributed by atoms with Crippen LogP contribution in [-0.4, -0.2) is 0 Å². The predicted molar refractivity (Wildman–Crippen MR) is 394 cm³/mol. The molecule has 0 amide bonds. The molecule has 6 aromatic heterocycles. The van der Waals surface area contributed by atoms with Crippen LogP contribution in [0.2, 0.25) is 0 Å². The molecule has 0 radical (unpaired) electrons. The summed E-state index contributed by atoms with van der Waals surface area (Å²) in [6.45, 7) is -0.406. The summed E-state index contributed by atoms with van der Waals surface area (Å²) in [5.74, 6) is -0.447. The molecule has 448 valence electrons. The highest BCUT2D eigenvalue weighted by Crippen LogP contribution is 2.42. The van der Waals surface area contributed by atoms with Gasteiger partial charge in [0.2, 0.25) is 17.1 Å². The molecule has 1 aliphatic rings. The summed E-state index contributed by atoms with van der Waals surface area (Å²) in [5.41, 5.74) is 13.0. The molecule has 3 nitrogen and oxygen atoms in total. The maximum Gasteiger partial charge on any atom is 0.213 e. The molecule has 0 bridgehead atoms. The normalized spacial score (nSPS) is 15.7. The minimum absolute atomic E-state index is 0. The monoisotopic (exact) mass is 1230 g/mol. The Kier molecular flexibility index (Phi) is 13.5. The molecule has 1 aliphatic carbocycles. The van der Waals surface area contributed by atoms with Crippen LogP contribution in [0, 0.1) is 55.1 Å². The maximum atomic E-state index is 9.05. The Morgan fingerprint density at radius 2 is 0.663 bits per heavy atom. The Labute approximate surface area is 558 Å². The lowest BCUT2D eigenvalue weighted by molar-refractivity contribution is -0.659. The van der Waals surface area contributed by atoms with E-state index in [4.69, 9.17) is 17.8 Å². The van der Waals surface area contributed by atoms with Crippen LogP contribution >= 0.6 is 34.0 Å². The van der Waals surface area contributed by atoms with Crippen LogP contribution in [0.15, 0.2) is 182 Å². The highest BCUT2D eigenvalue weighted by molar-refractivity contribution is 7.26. The minimum atomic E-state index is -2.13. The molecule has 1 fully saturated rings. The van der Waals surface area contributed by atoms with E-state index in [2.05, 4.69) is 144 Å². The van der Waals surface area contributed by atoms with Crippen LogP contribution in [0.25, 0.3) is 127 Å². The second-order valence-corrected chi connectivity index (χ2v) is 27.0. The zero-order valence-corrected chi connectivity index (χ0v) is 51.9. The molecular weight excluding hydrogens is 1140 g/mol. The van der Waals surface area contributed by atoms with Crippen molar-refractivity contribution < 1.29 is 31.5 Å². The van der Waals surface area contributed by atoms with Crippen molar-refractivity contribution in [2.75, 3.05) is 0 Å². The Morgan fingerprint density at radius 3 is 1.09 bits per heavy atom. The number of aryl methyl sites for hydroxylation is 11. The first-order valence-corrected chi connectivity index (χ1v) is 31.9. The molecule has 1 saturated carbocycles. The van der Waals surface area contributed by atoms with Crippen molar-refractivity contribution in [2.24, 2.45) is 21.1 Å². The summed E-state index contributed by atoms with van der Waals surface area (Å²) in [6, 6.07) is 54.7. The molecule has 0 aliphatic heterocycles. The summed E-state index contributed by atoms with van der Waals surface area (Å²) >= 11 is 5.31. The largest absolute Gasteiger partial charge is 0.213 e. The molecule has 6 heteroatoms. The molecular formula is C83H86N3S3+3. The second kappa shape index (κ2) is 25.0. The molecule has 15 aromatic rings. The van der Waals surface area contributed by atoms with Gasteiger partial charge in [0.15, 0.2) is 18.6 Å². The molecule has 0 atom stereocenters. The van der Waals surface area contributed by atoms with Gasteiger partial charge in [-0.25, -0.2) is 13.7 Å². The summed E-state index contributed by atoms with van der Waals surface area (Å²) in [5, 5.41) is 14.1. The number of thiophene rings is 3. The molecule has 16 rings (SSSR count). The third kappa shape index (κ3) is 11.9. The van der Waals surface area contributed by atoms with E-state index in [1.54, 1.807) is 71.2 Å². The first-order chi connectivity index (χ1) is 46.7. The van der Waals surface area contributed by atoms with Crippen molar-refractivity contribution in [3.63, 3.8) is 0 Å². The summed E-state index contributed by atoms with van der Waals surface area (Å²) in [6.07, 6.45) is 11.9. The number of pyridine rings is 3. The number of hydrogen-bond donors (Lipinski definition) is 0. The summed E-state index contributed by atoms with van der Waals surface area (Å²) in [4.78, 5) is 0. The van der Waals surface area contributed by atoms with E-state index in [-0.39, 0.29) is 22.3 Å². The number of nitrogens with zero attached hydrogens (tertiary/aromatic N) is 3. The maximum absolute atomic E-state index is 9.05. The van der Waals surface area contributed by atoms with Gasteiger partial charge in [0.1, 0.15) is 21.1 Å². The quantitative estimate of drug-likeness (QED) is 0.156. The smallest absolute Gasteiger partial charge is 0.200 e. The van der Waals surface area contributed by atoms with Crippen LogP contribution < -0.4 is 13.7 Å². The van der Waals surface area contributed by atoms with Gasteiger partial charge in [-0.2, -0.15) is 0 Å². The van der Waals surface area contributed by atoms with Gasteiger partial charge in [0, 0.05) is 97.1 Å². The molecule has 0 unspecified atom stereocenters. The highest BCUT2D eigenvalue weighted by Gasteiger charge is 2.22. The number of fused-ring (bicyclic) bond motifs is 12. The average molecular weight is 1230 g/mol. The first-order valence-electron chi connectivity index (χ1n) is 36.0. The van der Waals surface area contributed by atoms with Crippen molar-refractivity contribution in [3.05, 3.63) is 232 Å². The van der Waals surface area contributed by atoms with Gasteiger partial charge < -0.3 is 0 Å². The van der Waals surface area contributed by atoms with Crippen LogP contribution in [0.4, 0.5) is 0 Å². The van der Waals surface area contributed by atoms with Crippen LogP contribution in [0.3, 0.4) is 0 Å². The topological polar surface area (TPSA) is 11.6 Å². The summed E-state index contributed by atoms with van der Waals surface area (Å²) in [7, 11) is 6.10. The van der Waals surface area contributed by atoms with E-state index >= 15 is 0 Å². The Morgan fingerprint density at radius 1 is 0.337 bits per heavy atom. The van der Waals surface area contributed by atoms with E-state index in [1.807, 2.05) is 63.4 Å². The van der Waals surface area contributed by atoms with E-state index in [9.17, 15) is 0 Å². The molecule has 9 aromatic carbocycles. The second-order valence-electron chi connectivity index (χ2n) is 23.7. The van der Waals surface area contributed by atoms with Gasteiger partial charge in [-0.15, -0.1) is 34.0 Å². The summed E-state index contributed by atoms with van der Waals surface area (Å²) < 4.78 is 115. The van der Waals surface area contributed by atoms with Crippen molar-refractivity contribution in [3.8, 4) is 33.8 Å². The lowest BCUT2D eigenvalue weighted by atomic mass is 9.83. The van der Waals surface area contributed by atoms with Crippen molar-refractivity contribution in [2.45, 2.75) is 115 Å². The molecule has 0 N–H and O–H groups in total. The van der Waals surface area contributed by atoms with Gasteiger partial charge in [-0.05, 0) is 183 Å². The third-order valence-electron chi connectivity index (χ3n) is 17.6. The van der Waals surface area contributed by atoms with Gasteiger partial charge in [0.25, 0.3) is 0 Å². The molecule has 0 spiro atoms. The fourth-order valence-electron chi connectivity index (χ4n) is 13.1. The van der Waals surface area contributed by atoms with Gasteiger partial charge in [-0.1, -0.05) is 160 Å². The number of rotatable bonds is 4. The van der Waals surface area contributed by atoms with Gasteiger partial charge in [0.05, 0.1) is 16.2 Å². The van der Waals surface area contributed by atoms with Crippen molar-refractivity contribution >= 4 is 127 Å².